The Labute approximate surface area is 235 Å². The van der Waals surface area contributed by atoms with Crippen LogP contribution in [0.3, 0.4) is 0 Å². The van der Waals surface area contributed by atoms with Crippen LogP contribution in [0.1, 0.15) is 5.56 Å². The van der Waals surface area contributed by atoms with E-state index < -0.39 is 0 Å². The third kappa shape index (κ3) is 7.28. The van der Waals surface area contributed by atoms with E-state index in [0.717, 1.165) is 5.65 Å². The average Bonchev–Trinajstić information content (AvgIpc) is 3.50. The van der Waals surface area contributed by atoms with Crippen LogP contribution in [-0.2, 0) is 28.2 Å². The molecule has 6 aromatic heterocycles. The molecule has 8 N–H and O–H groups in total. The summed E-state index contributed by atoms with van der Waals surface area (Å²) in [6, 6.07) is 1.57. The van der Waals surface area contributed by atoms with Crippen LogP contribution in [0.15, 0.2) is 56.6 Å². The molecule has 0 atom stereocenters. The van der Waals surface area contributed by atoms with Crippen LogP contribution < -0.4 is 39.7 Å². The maximum Gasteiger partial charge on any atom is 0.349 e. The molecule has 6 aromatic rings. The summed E-state index contributed by atoms with van der Waals surface area (Å²) in [5.41, 5.74) is 17.5. The summed E-state index contributed by atoms with van der Waals surface area (Å²) in [5, 5.41) is 0. The molecule has 6 rings (SSSR count). The van der Waals surface area contributed by atoms with Gasteiger partial charge in [0, 0.05) is 46.1 Å². The lowest BCUT2D eigenvalue weighted by Crippen LogP contribution is -2.28. The Kier molecular flexibility index (Phi) is 9.27. The third-order valence-electron chi connectivity index (χ3n) is 5.40. The Morgan fingerprint density at radius 1 is 0.714 bits per heavy atom. The van der Waals surface area contributed by atoms with Gasteiger partial charge in [0.05, 0.1) is 12.7 Å². The van der Waals surface area contributed by atoms with Gasteiger partial charge in [-0.25, -0.2) is 29.5 Å². The van der Waals surface area contributed by atoms with Crippen molar-refractivity contribution in [1.29, 1.82) is 0 Å². The number of fused-ring (bicyclic) bond motifs is 2. The van der Waals surface area contributed by atoms with Gasteiger partial charge in [0.15, 0.2) is 22.6 Å². The zero-order valence-electron chi connectivity index (χ0n) is 23.3. The molecule has 0 unspecified atom stereocenters. The van der Waals surface area contributed by atoms with Crippen LogP contribution in [0.5, 0.6) is 0 Å². The minimum atomic E-state index is -0.379. The summed E-state index contributed by atoms with van der Waals surface area (Å²) in [5.74, 6) is 0.796. The van der Waals surface area contributed by atoms with Crippen molar-refractivity contribution in [1.82, 2.24) is 58.1 Å². The van der Waals surface area contributed by atoms with E-state index >= 15 is 0 Å². The van der Waals surface area contributed by atoms with Crippen molar-refractivity contribution in [3.8, 4) is 0 Å². The van der Waals surface area contributed by atoms with Gasteiger partial charge < -0.3 is 35.5 Å². The predicted molar refractivity (Wildman–Crippen MR) is 155 cm³/mol. The summed E-state index contributed by atoms with van der Waals surface area (Å²) in [4.78, 5) is 70.8. The molecule has 0 fully saturated rings. The first-order valence-electron chi connectivity index (χ1n) is 11.9. The largest absolute Gasteiger partial charge is 0.383 e. The van der Waals surface area contributed by atoms with Gasteiger partial charge in [0.1, 0.15) is 17.7 Å². The van der Waals surface area contributed by atoms with Crippen molar-refractivity contribution < 1.29 is 0 Å². The van der Waals surface area contributed by atoms with E-state index in [0.29, 0.717) is 28.1 Å². The van der Waals surface area contributed by atoms with E-state index in [9.17, 15) is 19.2 Å². The molecule has 220 valence electrons. The second kappa shape index (κ2) is 12.8. The highest BCUT2D eigenvalue weighted by atomic mass is 16.2. The minimum Gasteiger partial charge on any atom is -0.383 e. The highest BCUT2D eigenvalue weighted by Crippen LogP contribution is 2.11. The number of aromatic nitrogens is 12. The number of H-pyrrole nitrogens is 2. The van der Waals surface area contributed by atoms with Crippen molar-refractivity contribution >= 4 is 39.9 Å². The molecule has 0 aliphatic heterocycles. The molecule has 0 aliphatic carbocycles. The first-order chi connectivity index (χ1) is 19.8. The maximum absolute atomic E-state index is 11.2. The van der Waals surface area contributed by atoms with Crippen molar-refractivity contribution in [2.24, 2.45) is 28.2 Å². The van der Waals surface area contributed by atoms with Crippen LogP contribution in [0.25, 0.3) is 22.3 Å². The number of aromatic amines is 2. The Morgan fingerprint density at radius 2 is 1.36 bits per heavy atom. The first-order valence-corrected chi connectivity index (χ1v) is 11.9. The molecule has 19 heteroatoms. The first kappa shape index (κ1) is 30.4. The molecule has 0 saturated heterocycles. The van der Waals surface area contributed by atoms with Crippen molar-refractivity contribution in [2.75, 3.05) is 17.2 Å². The number of hydrogen-bond donors (Lipinski definition) is 5. The van der Waals surface area contributed by atoms with E-state index in [-0.39, 0.29) is 34.3 Å². The van der Waals surface area contributed by atoms with Crippen LogP contribution in [0.2, 0.25) is 0 Å². The van der Waals surface area contributed by atoms with Crippen molar-refractivity contribution in [3.05, 3.63) is 84.7 Å². The number of aryl methyl sites for hydroxylation is 5. The topological polar surface area (TPSA) is 275 Å². The predicted octanol–water partition coefficient (Wildman–Crippen LogP) is -2.07. The molecule has 6 heterocycles. The summed E-state index contributed by atoms with van der Waals surface area (Å²) in [7, 11) is 6.82. The summed E-state index contributed by atoms with van der Waals surface area (Å²) in [6.45, 7) is 1.65. The Bertz CT molecular complexity index is 2050. The fourth-order valence-corrected chi connectivity index (χ4v) is 3.17. The lowest BCUT2D eigenvalue weighted by molar-refractivity contribution is 0.789. The van der Waals surface area contributed by atoms with Crippen LogP contribution in [0.4, 0.5) is 17.6 Å². The van der Waals surface area contributed by atoms with Gasteiger partial charge in [0.25, 0.3) is 11.1 Å². The van der Waals surface area contributed by atoms with Gasteiger partial charge in [-0.2, -0.15) is 9.97 Å². The highest BCUT2D eigenvalue weighted by molar-refractivity contribution is 5.80. The second-order valence-corrected chi connectivity index (χ2v) is 8.69. The zero-order chi connectivity index (χ0) is 31.1. The SMILES string of the molecule is Cc1cn(C)c(=O)[nH]c1=O.Cn1ccc(N)nc1=O.Cn1cnc2c(=O)[nH]c(N)nc21.Cn1cnc2c(N)ncnc21. The van der Waals surface area contributed by atoms with E-state index in [4.69, 9.17) is 17.2 Å². The number of nitrogens with zero attached hydrogens (tertiary/aromatic N) is 10. The summed E-state index contributed by atoms with van der Waals surface area (Å²) >= 11 is 0. The highest BCUT2D eigenvalue weighted by Gasteiger charge is 2.05. The van der Waals surface area contributed by atoms with Crippen molar-refractivity contribution in [3.63, 3.8) is 0 Å². The molecular weight excluding hydrogens is 550 g/mol. The maximum atomic E-state index is 11.2. The lowest BCUT2D eigenvalue weighted by Gasteiger charge is -1.94. The molecular formula is C23H29N15O4. The van der Waals surface area contributed by atoms with E-state index in [1.807, 2.05) is 7.05 Å². The molecule has 0 saturated carbocycles. The number of rotatable bonds is 0. The van der Waals surface area contributed by atoms with Gasteiger partial charge in [-0.15, -0.1) is 0 Å². The molecule has 0 spiro atoms. The standard InChI is InChI=1S/C6H7N5O.C6H7N5.C6H8N2O2.C5H7N3O/c1-11-2-8-3-4(11)9-6(7)10-5(3)12;1-11-3-10-4-5(7)8-2-9-6(4)11;1-4-3-8(2)6(10)7-5(4)9;1-8-3-2-4(6)7-5(8)9/h2H,1H3,(H3,7,9,10,12);2-3H,1H3,(H2,7,8,9);3H,1-2H3,(H,7,9,10);2-3H,1H3,(H2,6,7,9). The van der Waals surface area contributed by atoms with Gasteiger partial charge in [-0.1, -0.05) is 0 Å². The average molecular weight is 580 g/mol. The normalized spacial score (nSPS) is 10.2. The van der Waals surface area contributed by atoms with Gasteiger partial charge in [-0.3, -0.25) is 19.6 Å². The number of nitrogens with one attached hydrogen (secondary N) is 2. The molecule has 42 heavy (non-hydrogen) atoms. The van der Waals surface area contributed by atoms with Gasteiger partial charge in [0.2, 0.25) is 5.95 Å². The smallest absolute Gasteiger partial charge is 0.349 e. The van der Waals surface area contributed by atoms with Crippen LogP contribution in [-0.4, -0.2) is 58.1 Å². The number of hydrogen-bond acceptors (Lipinski definition) is 13. The molecule has 0 bridgehead atoms. The Balaban J connectivity index is 0.000000155. The van der Waals surface area contributed by atoms with Gasteiger partial charge in [-0.05, 0) is 13.0 Å². The van der Waals surface area contributed by atoms with E-state index in [2.05, 4.69) is 39.9 Å². The van der Waals surface area contributed by atoms with Crippen molar-refractivity contribution in [2.45, 2.75) is 6.92 Å². The third-order valence-corrected chi connectivity index (χ3v) is 5.40. The number of anilines is 3. The van der Waals surface area contributed by atoms with E-state index in [1.54, 1.807) is 55.8 Å². The quantitative estimate of drug-likeness (QED) is 0.129. The minimum absolute atomic E-state index is 0.108. The molecule has 0 aliphatic rings. The fourth-order valence-electron chi connectivity index (χ4n) is 3.17. The number of nitrogen functional groups attached to an aromatic ring is 3. The zero-order valence-corrected chi connectivity index (χ0v) is 23.3. The van der Waals surface area contributed by atoms with E-state index in [1.165, 1.54) is 28.0 Å². The molecule has 19 nitrogen and oxygen atoms in total. The monoisotopic (exact) mass is 579 g/mol. The van der Waals surface area contributed by atoms with Gasteiger partial charge >= 0.3 is 11.4 Å². The van der Waals surface area contributed by atoms with Crippen LogP contribution >= 0.6 is 0 Å². The Hall–Kier alpha value is -6.14. The number of imidazole rings is 2. The molecule has 0 amide bonds. The summed E-state index contributed by atoms with van der Waals surface area (Å²) in [6.07, 6.45) is 7.69. The Morgan fingerprint density at radius 3 is 1.95 bits per heavy atom. The second-order valence-electron chi connectivity index (χ2n) is 8.69. The lowest BCUT2D eigenvalue weighted by atomic mass is 10.4. The molecule has 0 radical (unpaired) electrons. The fraction of sp³-hybridized carbons (Fsp3) is 0.217. The van der Waals surface area contributed by atoms with Crippen LogP contribution in [0, 0.1) is 6.92 Å². The summed E-state index contributed by atoms with van der Waals surface area (Å²) < 4.78 is 6.13. The molecule has 0 aromatic carbocycles. The number of nitrogens with two attached hydrogens (primary N) is 3.